The second-order valence-electron chi connectivity index (χ2n) is 7.11. The molecule has 2 aromatic heterocycles. The summed E-state index contributed by atoms with van der Waals surface area (Å²) >= 11 is 7.57. The van der Waals surface area contributed by atoms with Crippen LogP contribution in [0, 0.1) is 0 Å². The number of hydrogen-bond acceptors (Lipinski definition) is 5. The molecule has 2 N–H and O–H groups in total. The zero-order valence-corrected chi connectivity index (χ0v) is 17.8. The van der Waals surface area contributed by atoms with Crippen molar-refractivity contribution in [3.8, 4) is 0 Å². The molecule has 1 aromatic carbocycles. The minimum absolute atomic E-state index is 0.00301. The lowest BCUT2D eigenvalue weighted by Crippen LogP contribution is -2.36. The Morgan fingerprint density at radius 3 is 2.67 bits per heavy atom. The van der Waals surface area contributed by atoms with Gasteiger partial charge in [-0.3, -0.25) is 14.5 Å². The number of furan rings is 1. The number of rotatable bonds is 7. The van der Waals surface area contributed by atoms with E-state index in [9.17, 15) is 9.59 Å². The van der Waals surface area contributed by atoms with E-state index in [1.807, 2.05) is 17.5 Å². The molecule has 0 bridgehead atoms. The van der Waals surface area contributed by atoms with Crippen LogP contribution in [-0.4, -0.2) is 36.3 Å². The predicted octanol–water partition coefficient (Wildman–Crippen LogP) is 4.81. The topological polar surface area (TPSA) is 74.6 Å². The number of amides is 2. The molecular weight excluding hydrogens is 422 g/mol. The van der Waals surface area contributed by atoms with Crippen LogP contribution in [0.4, 0.5) is 5.69 Å². The molecule has 1 fully saturated rings. The normalized spacial score (nSPS) is 15.1. The number of nitrogens with one attached hydrogen (secondary N) is 2. The molecule has 1 aliphatic rings. The van der Waals surface area contributed by atoms with Gasteiger partial charge in [0.05, 0.1) is 27.9 Å². The molecule has 30 heavy (non-hydrogen) atoms. The Kier molecular flexibility index (Phi) is 6.52. The van der Waals surface area contributed by atoms with Crippen LogP contribution < -0.4 is 10.6 Å². The molecule has 4 rings (SSSR count). The van der Waals surface area contributed by atoms with Gasteiger partial charge in [0, 0.05) is 12.1 Å². The van der Waals surface area contributed by atoms with Crippen molar-refractivity contribution in [3.05, 3.63) is 75.3 Å². The highest BCUT2D eigenvalue weighted by atomic mass is 35.5. The van der Waals surface area contributed by atoms with Gasteiger partial charge in [0.1, 0.15) is 5.76 Å². The van der Waals surface area contributed by atoms with Gasteiger partial charge in [-0.25, -0.2) is 0 Å². The summed E-state index contributed by atoms with van der Waals surface area (Å²) in [6.07, 6.45) is 3.95. The quantitative estimate of drug-likeness (QED) is 0.549. The van der Waals surface area contributed by atoms with Crippen LogP contribution in [0.3, 0.4) is 0 Å². The molecule has 1 saturated heterocycles. The number of halogens is 1. The summed E-state index contributed by atoms with van der Waals surface area (Å²) in [5.41, 5.74) is 0.838. The van der Waals surface area contributed by atoms with Crippen LogP contribution in [-0.2, 0) is 0 Å². The molecule has 0 aliphatic carbocycles. The lowest BCUT2D eigenvalue weighted by molar-refractivity contribution is 0.0932. The number of carbonyl (C=O) groups excluding carboxylic acids is 2. The number of carbonyl (C=O) groups is 2. The van der Waals surface area contributed by atoms with E-state index in [0.717, 1.165) is 31.7 Å². The first-order chi connectivity index (χ1) is 14.6. The number of benzene rings is 1. The Bertz CT molecular complexity index is 999. The van der Waals surface area contributed by atoms with Crippen molar-refractivity contribution in [2.45, 2.75) is 18.9 Å². The average Bonchev–Trinajstić information content (AvgIpc) is 3.52. The molecule has 2 amide bonds. The summed E-state index contributed by atoms with van der Waals surface area (Å²) in [4.78, 5) is 28.0. The summed E-state index contributed by atoms with van der Waals surface area (Å²) in [5.74, 6) is 0.364. The van der Waals surface area contributed by atoms with E-state index >= 15 is 0 Å². The highest BCUT2D eigenvalue weighted by Crippen LogP contribution is 2.26. The second kappa shape index (κ2) is 9.47. The molecule has 0 saturated carbocycles. The summed E-state index contributed by atoms with van der Waals surface area (Å²) in [6.45, 7) is 2.41. The Balaban J connectivity index is 1.44. The van der Waals surface area contributed by atoms with E-state index in [-0.39, 0.29) is 17.9 Å². The van der Waals surface area contributed by atoms with Gasteiger partial charge in [0.2, 0.25) is 0 Å². The minimum Gasteiger partial charge on any atom is -0.468 e. The SMILES string of the molecule is O=C(NCC(c1ccco1)N1CCCC1)c1ccc(Cl)c(NC(=O)c2cccs2)c1. The minimum atomic E-state index is -0.253. The maximum Gasteiger partial charge on any atom is 0.265 e. The third-order valence-electron chi connectivity index (χ3n) is 5.13. The van der Waals surface area contributed by atoms with Gasteiger partial charge < -0.3 is 15.1 Å². The molecule has 156 valence electrons. The fourth-order valence-corrected chi connectivity index (χ4v) is 4.37. The highest BCUT2D eigenvalue weighted by Gasteiger charge is 2.26. The number of nitrogens with zero attached hydrogens (tertiary/aromatic N) is 1. The largest absolute Gasteiger partial charge is 0.468 e. The van der Waals surface area contributed by atoms with Crippen LogP contribution in [0.1, 0.15) is 44.7 Å². The van der Waals surface area contributed by atoms with E-state index in [1.165, 1.54) is 11.3 Å². The Hall–Kier alpha value is -2.61. The summed E-state index contributed by atoms with van der Waals surface area (Å²) in [5, 5.41) is 7.98. The first-order valence-electron chi connectivity index (χ1n) is 9.82. The first-order valence-corrected chi connectivity index (χ1v) is 11.1. The monoisotopic (exact) mass is 443 g/mol. The van der Waals surface area contributed by atoms with Crippen molar-refractivity contribution < 1.29 is 14.0 Å². The van der Waals surface area contributed by atoms with Crippen molar-refractivity contribution in [2.24, 2.45) is 0 Å². The molecule has 1 aliphatic heterocycles. The fraction of sp³-hybridized carbons (Fsp3) is 0.273. The zero-order valence-electron chi connectivity index (χ0n) is 16.3. The summed E-state index contributed by atoms with van der Waals surface area (Å²) < 4.78 is 5.60. The molecule has 1 unspecified atom stereocenters. The molecule has 0 spiro atoms. The number of anilines is 1. The average molecular weight is 444 g/mol. The van der Waals surface area contributed by atoms with Gasteiger partial charge >= 0.3 is 0 Å². The Labute approximate surface area is 183 Å². The third kappa shape index (κ3) is 4.75. The summed E-state index contributed by atoms with van der Waals surface area (Å²) in [7, 11) is 0. The van der Waals surface area contributed by atoms with Gasteiger partial charge in [-0.05, 0) is 67.7 Å². The van der Waals surface area contributed by atoms with Gasteiger partial charge in [-0.15, -0.1) is 11.3 Å². The van der Waals surface area contributed by atoms with E-state index in [0.29, 0.717) is 27.7 Å². The van der Waals surface area contributed by atoms with Crippen LogP contribution >= 0.6 is 22.9 Å². The molecule has 6 nitrogen and oxygen atoms in total. The van der Waals surface area contributed by atoms with Crippen molar-refractivity contribution >= 4 is 40.4 Å². The van der Waals surface area contributed by atoms with Gasteiger partial charge in [0.15, 0.2) is 0 Å². The number of hydrogen-bond donors (Lipinski definition) is 2. The number of likely N-dealkylation sites (tertiary alicyclic amines) is 1. The van der Waals surface area contributed by atoms with Gasteiger partial charge in [-0.2, -0.15) is 0 Å². The Morgan fingerprint density at radius 1 is 1.13 bits per heavy atom. The zero-order chi connectivity index (χ0) is 20.9. The molecule has 1 atom stereocenters. The van der Waals surface area contributed by atoms with Crippen LogP contribution in [0.15, 0.2) is 58.5 Å². The van der Waals surface area contributed by atoms with Crippen molar-refractivity contribution in [1.82, 2.24) is 10.2 Å². The van der Waals surface area contributed by atoms with E-state index in [1.54, 1.807) is 36.6 Å². The van der Waals surface area contributed by atoms with Crippen LogP contribution in [0.5, 0.6) is 0 Å². The van der Waals surface area contributed by atoms with Gasteiger partial charge in [-0.1, -0.05) is 17.7 Å². The standard InChI is InChI=1S/C22H22ClN3O3S/c23-16-8-7-15(13-17(16)25-22(28)20-6-4-12-30-20)21(27)24-14-18(19-5-3-11-29-19)26-9-1-2-10-26/h3-8,11-13,18H,1-2,9-10,14H2,(H,24,27)(H,25,28). The van der Waals surface area contributed by atoms with Crippen LogP contribution in [0.25, 0.3) is 0 Å². The predicted molar refractivity (Wildman–Crippen MR) is 118 cm³/mol. The molecule has 0 radical (unpaired) electrons. The molecular formula is C22H22ClN3O3S. The lowest BCUT2D eigenvalue weighted by Gasteiger charge is -2.26. The molecule has 3 heterocycles. The van der Waals surface area contributed by atoms with Crippen molar-refractivity contribution in [1.29, 1.82) is 0 Å². The lowest BCUT2D eigenvalue weighted by atomic mass is 10.1. The third-order valence-corrected chi connectivity index (χ3v) is 6.33. The smallest absolute Gasteiger partial charge is 0.265 e. The van der Waals surface area contributed by atoms with Crippen molar-refractivity contribution in [3.63, 3.8) is 0 Å². The van der Waals surface area contributed by atoms with Crippen LogP contribution in [0.2, 0.25) is 5.02 Å². The van der Waals surface area contributed by atoms with Crippen molar-refractivity contribution in [2.75, 3.05) is 25.0 Å². The maximum absolute atomic E-state index is 12.8. The molecule has 8 heteroatoms. The molecule has 3 aromatic rings. The highest BCUT2D eigenvalue weighted by molar-refractivity contribution is 7.12. The van der Waals surface area contributed by atoms with E-state index in [4.69, 9.17) is 16.0 Å². The van der Waals surface area contributed by atoms with E-state index in [2.05, 4.69) is 15.5 Å². The maximum atomic E-state index is 12.8. The number of thiophene rings is 1. The van der Waals surface area contributed by atoms with Gasteiger partial charge in [0.25, 0.3) is 11.8 Å². The second-order valence-corrected chi connectivity index (χ2v) is 8.47. The fourth-order valence-electron chi connectivity index (χ4n) is 3.59. The Morgan fingerprint density at radius 2 is 1.97 bits per heavy atom. The first kappa shape index (κ1) is 20.7. The van der Waals surface area contributed by atoms with E-state index < -0.39 is 0 Å². The summed E-state index contributed by atoms with van der Waals surface area (Å²) in [6, 6.07) is 12.2.